The molecule has 1 saturated carbocycles. The van der Waals surface area contributed by atoms with Crippen molar-refractivity contribution in [3.8, 4) is 0 Å². The topological polar surface area (TPSA) is 37.4 Å². The Labute approximate surface area is 80.2 Å². The minimum atomic E-state index is -2.85. The first-order chi connectivity index (χ1) is 6.14. The molecule has 0 radical (unpaired) electrons. The lowest BCUT2D eigenvalue weighted by Gasteiger charge is -2.38. The van der Waals surface area contributed by atoms with E-state index in [2.05, 4.69) is 6.92 Å². The molecule has 0 unspecified atom stereocenters. The van der Waals surface area contributed by atoms with Gasteiger partial charge in [-0.05, 0) is 25.2 Å². The van der Waals surface area contributed by atoms with E-state index in [0.29, 0.717) is 5.92 Å². The van der Waals surface area contributed by atoms with Crippen molar-refractivity contribution in [1.82, 2.24) is 4.31 Å². The third-order valence-electron chi connectivity index (χ3n) is 2.93. The van der Waals surface area contributed by atoms with Crippen molar-refractivity contribution in [3.63, 3.8) is 0 Å². The first-order valence-corrected chi connectivity index (χ1v) is 6.64. The van der Waals surface area contributed by atoms with Gasteiger partial charge in [-0.3, -0.25) is 0 Å². The predicted octanol–water partition coefficient (Wildman–Crippen LogP) is 1.21. The standard InChI is InChI=1S/C9H17NO2S/c1-2-3-8-6-10(7-8)13(11,12)9-4-5-9/h8-9H,2-7H2,1H3. The Balaban J connectivity index is 1.85. The number of sulfonamides is 1. The summed E-state index contributed by atoms with van der Waals surface area (Å²) >= 11 is 0. The molecular weight excluding hydrogens is 186 g/mol. The van der Waals surface area contributed by atoms with E-state index in [0.717, 1.165) is 25.9 Å². The van der Waals surface area contributed by atoms with Crippen LogP contribution in [0.3, 0.4) is 0 Å². The summed E-state index contributed by atoms with van der Waals surface area (Å²) in [6, 6.07) is 0. The molecule has 0 aromatic carbocycles. The van der Waals surface area contributed by atoms with E-state index in [1.54, 1.807) is 4.31 Å². The molecule has 0 aromatic heterocycles. The van der Waals surface area contributed by atoms with Crippen LogP contribution >= 0.6 is 0 Å². The Morgan fingerprint density at radius 2 is 1.92 bits per heavy atom. The molecule has 1 saturated heterocycles. The zero-order valence-electron chi connectivity index (χ0n) is 8.07. The van der Waals surface area contributed by atoms with Gasteiger partial charge in [-0.2, -0.15) is 0 Å². The Hall–Kier alpha value is -0.0900. The third-order valence-corrected chi connectivity index (χ3v) is 5.26. The van der Waals surface area contributed by atoms with Crippen molar-refractivity contribution in [1.29, 1.82) is 0 Å². The van der Waals surface area contributed by atoms with Gasteiger partial charge in [0.15, 0.2) is 0 Å². The van der Waals surface area contributed by atoms with Gasteiger partial charge in [0.25, 0.3) is 0 Å². The number of hydrogen-bond acceptors (Lipinski definition) is 2. The fourth-order valence-electron chi connectivity index (χ4n) is 1.90. The first-order valence-electron chi connectivity index (χ1n) is 5.13. The Morgan fingerprint density at radius 3 is 2.38 bits per heavy atom. The molecule has 1 aliphatic carbocycles. The van der Waals surface area contributed by atoms with Crippen LogP contribution in [0.1, 0.15) is 32.6 Å². The van der Waals surface area contributed by atoms with Crippen LogP contribution in [0.4, 0.5) is 0 Å². The van der Waals surface area contributed by atoms with Gasteiger partial charge in [0.2, 0.25) is 10.0 Å². The summed E-state index contributed by atoms with van der Waals surface area (Å²) in [6.45, 7) is 3.72. The van der Waals surface area contributed by atoms with E-state index in [9.17, 15) is 8.42 Å². The number of rotatable bonds is 4. The van der Waals surface area contributed by atoms with Gasteiger partial charge in [0, 0.05) is 13.1 Å². The molecule has 1 aliphatic heterocycles. The van der Waals surface area contributed by atoms with E-state index in [1.165, 1.54) is 12.8 Å². The maximum Gasteiger partial charge on any atom is 0.217 e. The summed E-state index contributed by atoms with van der Waals surface area (Å²) in [4.78, 5) is 0. The second-order valence-corrected chi connectivity index (χ2v) is 6.43. The van der Waals surface area contributed by atoms with E-state index in [4.69, 9.17) is 0 Å². The summed E-state index contributed by atoms with van der Waals surface area (Å²) < 4.78 is 25.0. The molecule has 0 atom stereocenters. The highest BCUT2D eigenvalue weighted by Gasteiger charge is 2.44. The molecule has 0 aromatic rings. The average Bonchev–Trinajstić information content (AvgIpc) is 2.76. The highest BCUT2D eigenvalue weighted by Crippen LogP contribution is 2.35. The van der Waals surface area contributed by atoms with Crippen LogP contribution in [-0.4, -0.2) is 31.1 Å². The highest BCUT2D eigenvalue weighted by atomic mass is 32.2. The van der Waals surface area contributed by atoms with Crippen LogP contribution in [0.2, 0.25) is 0 Å². The lowest BCUT2D eigenvalue weighted by atomic mass is 9.98. The molecule has 1 heterocycles. The maximum atomic E-state index is 11.7. The Bertz CT molecular complexity index is 276. The second kappa shape index (κ2) is 3.24. The summed E-state index contributed by atoms with van der Waals surface area (Å²) in [5, 5.41) is -0.0184. The zero-order valence-corrected chi connectivity index (χ0v) is 8.89. The molecule has 4 heteroatoms. The maximum absolute atomic E-state index is 11.7. The number of hydrogen-bond donors (Lipinski definition) is 0. The molecule has 0 amide bonds. The van der Waals surface area contributed by atoms with Crippen molar-refractivity contribution in [3.05, 3.63) is 0 Å². The molecule has 2 aliphatic rings. The van der Waals surface area contributed by atoms with E-state index in [1.807, 2.05) is 0 Å². The van der Waals surface area contributed by atoms with Gasteiger partial charge in [-0.25, -0.2) is 12.7 Å². The van der Waals surface area contributed by atoms with Crippen LogP contribution in [0.15, 0.2) is 0 Å². The molecule has 2 rings (SSSR count). The number of nitrogens with zero attached hydrogens (tertiary/aromatic N) is 1. The van der Waals surface area contributed by atoms with Gasteiger partial charge in [0.1, 0.15) is 0 Å². The van der Waals surface area contributed by atoms with Crippen molar-refractivity contribution in [2.75, 3.05) is 13.1 Å². The van der Waals surface area contributed by atoms with Gasteiger partial charge in [-0.15, -0.1) is 0 Å². The minimum Gasteiger partial charge on any atom is -0.212 e. The lowest BCUT2D eigenvalue weighted by Crippen LogP contribution is -2.50. The van der Waals surface area contributed by atoms with Crippen LogP contribution in [-0.2, 0) is 10.0 Å². The molecule has 2 fully saturated rings. The van der Waals surface area contributed by atoms with Crippen molar-refractivity contribution in [2.45, 2.75) is 37.9 Å². The first kappa shape index (κ1) is 9.46. The molecule has 0 spiro atoms. The molecule has 13 heavy (non-hydrogen) atoms. The van der Waals surface area contributed by atoms with Crippen molar-refractivity contribution < 1.29 is 8.42 Å². The minimum absolute atomic E-state index is 0.0184. The largest absolute Gasteiger partial charge is 0.217 e. The van der Waals surface area contributed by atoms with E-state index >= 15 is 0 Å². The Morgan fingerprint density at radius 1 is 1.31 bits per heavy atom. The predicted molar refractivity (Wildman–Crippen MR) is 51.9 cm³/mol. The molecule has 76 valence electrons. The average molecular weight is 203 g/mol. The summed E-state index contributed by atoms with van der Waals surface area (Å²) in [5.41, 5.74) is 0. The highest BCUT2D eigenvalue weighted by molar-refractivity contribution is 7.90. The Kier molecular flexibility index (Phi) is 2.36. The zero-order chi connectivity index (χ0) is 9.47. The fraction of sp³-hybridized carbons (Fsp3) is 1.00. The van der Waals surface area contributed by atoms with Crippen LogP contribution in [0, 0.1) is 5.92 Å². The molecule has 0 bridgehead atoms. The van der Waals surface area contributed by atoms with Crippen LogP contribution < -0.4 is 0 Å². The summed E-state index contributed by atoms with van der Waals surface area (Å²) in [6.07, 6.45) is 4.12. The lowest BCUT2D eigenvalue weighted by molar-refractivity contribution is 0.189. The smallest absolute Gasteiger partial charge is 0.212 e. The van der Waals surface area contributed by atoms with Crippen LogP contribution in [0.5, 0.6) is 0 Å². The monoisotopic (exact) mass is 203 g/mol. The molecular formula is C9H17NO2S. The summed E-state index contributed by atoms with van der Waals surface area (Å²) in [7, 11) is -2.85. The third kappa shape index (κ3) is 1.74. The quantitative estimate of drug-likeness (QED) is 0.688. The normalized spacial score (nSPS) is 25.9. The van der Waals surface area contributed by atoms with E-state index in [-0.39, 0.29) is 5.25 Å². The SMILES string of the molecule is CCCC1CN(S(=O)(=O)C2CC2)C1. The van der Waals surface area contributed by atoms with Gasteiger partial charge >= 0.3 is 0 Å². The van der Waals surface area contributed by atoms with Gasteiger partial charge < -0.3 is 0 Å². The van der Waals surface area contributed by atoms with E-state index < -0.39 is 10.0 Å². The van der Waals surface area contributed by atoms with Gasteiger partial charge in [-0.1, -0.05) is 13.3 Å². The van der Waals surface area contributed by atoms with Crippen LogP contribution in [0.25, 0.3) is 0 Å². The molecule has 3 nitrogen and oxygen atoms in total. The summed E-state index contributed by atoms with van der Waals surface area (Å²) in [5.74, 6) is 0.638. The molecule has 0 N–H and O–H groups in total. The van der Waals surface area contributed by atoms with Crippen molar-refractivity contribution in [2.24, 2.45) is 5.92 Å². The van der Waals surface area contributed by atoms with Crippen molar-refractivity contribution >= 4 is 10.0 Å². The van der Waals surface area contributed by atoms with Gasteiger partial charge in [0.05, 0.1) is 5.25 Å². The second-order valence-electron chi connectivity index (χ2n) is 4.22. The fourth-order valence-corrected chi connectivity index (χ4v) is 3.89.